The van der Waals surface area contributed by atoms with Crippen molar-refractivity contribution in [3.63, 3.8) is 0 Å². The highest BCUT2D eigenvalue weighted by atomic mass is 19.2. The zero-order chi connectivity index (χ0) is 28.6. The quantitative estimate of drug-likeness (QED) is 0.589. The summed E-state index contributed by atoms with van der Waals surface area (Å²) in [5.41, 5.74) is -0.304. The van der Waals surface area contributed by atoms with Crippen molar-refractivity contribution in [3.8, 4) is 0 Å². The van der Waals surface area contributed by atoms with Gasteiger partial charge in [0.15, 0.2) is 17.5 Å². The van der Waals surface area contributed by atoms with Crippen LogP contribution in [0.15, 0.2) is 12.1 Å². The second-order valence-electron chi connectivity index (χ2n) is 11.9. The van der Waals surface area contributed by atoms with Gasteiger partial charge in [-0.1, -0.05) is 34.6 Å². The molecule has 3 heterocycles. The number of piperidine rings is 1. The molecule has 39 heavy (non-hydrogen) atoms. The minimum Gasteiger partial charge on any atom is -0.465 e. The lowest BCUT2D eigenvalue weighted by molar-refractivity contribution is -0.144. The van der Waals surface area contributed by atoms with Crippen molar-refractivity contribution in [1.82, 2.24) is 24.7 Å². The maximum atomic E-state index is 14.0. The number of carboxylic acid groups (broad SMARTS) is 1. The number of morpholine rings is 1. The van der Waals surface area contributed by atoms with Crippen LogP contribution in [0.25, 0.3) is 11.0 Å². The Balaban J connectivity index is 1.76. The maximum absolute atomic E-state index is 14.0. The molecule has 0 saturated carbocycles. The van der Waals surface area contributed by atoms with Crippen LogP contribution >= 0.6 is 0 Å². The van der Waals surface area contributed by atoms with Gasteiger partial charge in [0.2, 0.25) is 5.91 Å². The minimum atomic E-state index is -1.16. The van der Waals surface area contributed by atoms with Gasteiger partial charge in [-0.05, 0) is 17.8 Å². The van der Waals surface area contributed by atoms with Gasteiger partial charge in [0.1, 0.15) is 0 Å². The van der Waals surface area contributed by atoms with E-state index in [1.807, 2.05) is 34.6 Å². The first-order valence-electron chi connectivity index (χ1n) is 13.3. The van der Waals surface area contributed by atoms with E-state index < -0.39 is 47.1 Å². The molecule has 0 radical (unpaired) electrons. The van der Waals surface area contributed by atoms with Gasteiger partial charge < -0.3 is 29.5 Å². The predicted octanol–water partition coefficient (Wildman–Crippen LogP) is 3.58. The summed E-state index contributed by atoms with van der Waals surface area (Å²) in [5, 5.41) is 10.3. The van der Waals surface area contributed by atoms with Crippen LogP contribution in [0, 0.1) is 28.9 Å². The average molecular weight is 550 g/mol. The van der Waals surface area contributed by atoms with Crippen molar-refractivity contribution in [3.05, 3.63) is 29.6 Å². The molecule has 214 valence electrons. The molecule has 2 fully saturated rings. The fourth-order valence-electron chi connectivity index (χ4n) is 5.82. The zero-order valence-electron chi connectivity index (χ0n) is 23.0. The third kappa shape index (κ3) is 6.00. The fraction of sp³-hybridized carbons (Fsp3) is 0.630. The van der Waals surface area contributed by atoms with Crippen LogP contribution in [0.5, 0.6) is 0 Å². The molecule has 12 heteroatoms. The smallest absolute Gasteiger partial charge is 0.407 e. The minimum absolute atomic E-state index is 0.00225. The number of hydrogen-bond acceptors (Lipinski definition) is 5. The Hall–Kier alpha value is -3.28. The van der Waals surface area contributed by atoms with Crippen LogP contribution in [0.3, 0.4) is 0 Å². The monoisotopic (exact) mass is 549 g/mol. The Labute approximate surface area is 226 Å². The van der Waals surface area contributed by atoms with E-state index in [1.54, 1.807) is 9.80 Å². The Morgan fingerprint density at radius 3 is 2.41 bits per heavy atom. The van der Waals surface area contributed by atoms with E-state index in [9.17, 15) is 28.3 Å². The first-order chi connectivity index (χ1) is 18.3. The van der Waals surface area contributed by atoms with E-state index in [1.165, 1.54) is 4.90 Å². The second kappa shape index (κ2) is 11.1. The number of carbonyl (C=O) groups excluding carboxylic acids is 2. The zero-order valence-corrected chi connectivity index (χ0v) is 23.0. The summed E-state index contributed by atoms with van der Waals surface area (Å²) < 4.78 is 33.0. The van der Waals surface area contributed by atoms with E-state index >= 15 is 0 Å². The highest BCUT2D eigenvalue weighted by molar-refractivity contribution is 5.94. The number of nitrogens with one attached hydrogen (secondary N) is 1. The van der Waals surface area contributed by atoms with Gasteiger partial charge in [0, 0.05) is 38.3 Å². The molecule has 1 unspecified atom stereocenters. The lowest BCUT2D eigenvalue weighted by atomic mass is 9.74. The van der Waals surface area contributed by atoms with Crippen molar-refractivity contribution < 1.29 is 33.0 Å². The van der Waals surface area contributed by atoms with Gasteiger partial charge in [-0.15, -0.1) is 0 Å². The van der Waals surface area contributed by atoms with Gasteiger partial charge in [0.05, 0.1) is 42.2 Å². The van der Waals surface area contributed by atoms with Gasteiger partial charge in [-0.25, -0.2) is 18.6 Å². The Morgan fingerprint density at radius 1 is 1.18 bits per heavy atom. The number of amides is 3. The number of fused-ring (bicyclic) bond motifs is 1. The van der Waals surface area contributed by atoms with Crippen LogP contribution in [0.2, 0.25) is 0 Å². The summed E-state index contributed by atoms with van der Waals surface area (Å²) in [5.74, 6) is -3.57. The molecule has 2 aromatic rings. The molecule has 1 aromatic carbocycles. The number of aromatic nitrogens is 2. The SMILES string of the molecule is CC(C)CN(C(=O)c1nc2cc(F)c(F)cc2[nH]1)[C@H]1C[C@@H](C(=O)N2CCOCC2)CN(C(=O)O)C1C(C)(C)C. The van der Waals surface area contributed by atoms with E-state index in [0.717, 1.165) is 12.1 Å². The van der Waals surface area contributed by atoms with Gasteiger partial charge >= 0.3 is 6.09 Å². The molecule has 3 atom stereocenters. The third-order valence-corrected chi connectivity index (χ3v) is 7.40. The number of carbonyl (C=O) groups is 3. The number of likely N-dealkylation sites (tertiary alicyclic amines) is 1. The lowest BCUT2D eigenvalue weighted by Crippen LogP contribution is -2.66. The summed E-state index contributed by atoms with van der Waals surface area (Å²) in [6, 6.07) is 0.599. The van der Waals surface area contributed by atoms with E-state index in [-0.39, 0.29) is 48.2 Å². The number of H-pyrrole nitrogens is 1. The Morgan fingerprint density at radius 2 is 1.82 bits per heavy atom. The molecule has 3 amide bonds. The van der Waals surface area contributed by atoms with Crippen molar-refractivity contribution in [2.24, 2.45) is 17.3 Å². The van der Waals surface area contributed by atoms with Crippen LogP contribution in [-0.4, -0.2) is 99.2 Å². The maximum Gasteiger partial charge on any atom is 0.407 e. The predicted molar refractivity (Wildman–Crippen MR) is 139 cm³/mol. The number of halogens is 2. The second-order valence-corrected chi connectivity index (χ2v) is 11.9. The molecule has 2 saturated heterocycles. The molecule has 2 N–H and O–H groups in total. The van der Waals surface area contributed by atoms with E-state index in [4.69, 9.17) is 4.74 Å². The van der Waals surface area contributed by atoms with Gasteiger partial charge in [-0.2, -0.15) is 0 Å². The molecule has 0 spiro atoms. The fourth-order valence-corrected chi connectivity index (χ4v) is 5.82. The molecule has 0 bridgehead atoms. The molecule has 1 aromatic heterocycles. The summed E-state index contributed by atoms with van der Waals surface area (Å²) >= 11 is 0. The standard InChI is InChI=1S/C27H37F2N5O5/c1-15(2)13-33(25(36)23-30-19-11-17(28)18(29)12-20(19)31-23)21-10-16(24(35)32-6-8-39-9-7-32)14-34(26(37)38)22(21)27(3,4)5/h11-12,15-16,21-22H,6-10,13-14H2,1-5H3,(H,30,31)(H,37,38)/t16-,21+,22?/m1/s1. The largest absolute Gasteiger partial charge is 0.465 e. The molecular formula is C27H37F2N5O5. The Bertz CT molecular complexity index is 1200. The summed E-state index contributed by atoms with van der Waals surface area (Å²) in [7, 11) is 0. The highest BCUT2D eigenvalue weighted by Gasteiger charge is 2.50. The summed E-state index contributed by atoms with van der Waals surface area (Å²) in [6.45, 7) is 11.6. The normalized spacial score (nSPS) is 22.4. The molecule has 10 nitrogen and oxygen atoms in total. The van der Waals surface area contributed by atoms with Crippen molar-refractivity contribution in [1.29, 1.82) is 0 Å². The van der Waals surface area contributed by atoms with Gasteiger partial charge in [0.25, 0.3) is 5.91 Å². The summed E-state index contributed by atoms with van der Waals surface area (Å²) in [6.07, 6.45) is -0.893. The molecule has 2 aliphatic rings. The topological polar surface area (TPSA) is 119 Å². The van der Waals surface area contributed by atoms with Crippen molar-refractivity contribution in [2.45, 2.75) is 53.1 Å². The molecule has 2 aliphatic heterocycles. The number of nitrogens with zero attached hydrogens (tertiary/aromatic N) is 4. The first kappa shape index (κ1) is 28.7. The number of aromatic amines is 1. The molecule has 4 rings (SSSR count). The summed E-state index contributed by atoms with van der Waals surface area (Å²) in [4.78, 5) is 51.7. The molecule has 0 aliphatic carbocycles. The van der Waals surface area contributed by atoms with Crippen LogP contribution < -0.4 is 0 Å². The molecular weight excluding hydrogens is 512 g/mol. The first-order valence-corrected chi connectivity index (χ1v) is 13.3. The average Bonchev–Trinajstić information content (AvgIpc) is 3.28. The lowest BCUT2D eigenvalue weighted by Gasteiger charge is -2.52. The number of benzene rings is 1. The van der Waals surface area contributed by atoms with Crippen LogP contribution in [0.1, 0.15) is 51.7 Å². The van der Waals surface area contributed by atoms with Crippen LogP contribution in [-0.2, 0) is 9.53 Å². The van der Waals surface area contributed by atoms with Crippen molar-refractivity contribution in [2.75, 3.05) is 39.4 Å². The number of ether oxygens (including phenoxy) is 1. The van der Waals surface area contributed by atoms with Gasteiger partial charge in [-0.3, -0.25) is 9.59 Å². The van der Waals surface area contributed by atoms with E-state index in [2.05, 4.69) is 9.97 Å². The Kier molecular flexibility index (Phi) is 8.15. The third-order valence-electron chi connectivity index (χ3n) is 7.40. The number of rotatable bonds is 5. The van der Waals surface area contributed by atoms with Crippen molar-refractivity contribution >= 4 is 28.9 Å². The number of hydrogen-bond donors (Lipinski definition) is 2. The highest BCUT2D eigenvalue weighted by Crippen LogP contribution is 2.38. The van der Waals surface area contributed by atoms with Crippen LogP contribution in [0.4, 0.5) is 13.6 Å². The number of imidazole rings is 1. The van der Waals surface area contributed by atoms with E-state index in [0.29, 0.717) is 26.3 Å².